The van der Waals surface area contributed by atoms with Crippen LogP contribution in [0.5, 0.6) is 0 Å². The minimum Gasteiger partial charge on any atom is -0.478 e. The van der Waals surface area contributed by atoms with Gasteiger partial charge in [-0.25, -0.2) is 14.5 Å². The van der Waals surface area contributed by atoms with Gasteiger partial charge >= 0.3 is 5.97 Å². The smallest absolute Gasteiger partial charge is 0.339 e. The van der Waals surface area contributed by atoms with Crippen LogP contribution in [-0.4, -0.2) is 25.8 Å². The molecule has 21 heavy (non-hydrogen) atoms. The average molecular weight is 385 g/mol. The molecule has 0 saturated carbocycles. The van der Waals surface area contributed by atoms with Crippen LogP contribution in [0.25, 0.3) is 17.1 Å². The zero-order chi connectivity index (χ0) is 15.0. The summed E-state index contributed by atoms with van der Waals surface area (Å²) in [4.78, 5) is 15.6. The average Bonchev–Trinajstić information content (AvgIpc) is 3.05. The number of hydrogen-bond acceptors (Lipinski definition) is 4. The number of pyridine rings is 1. The molecule has 0 atom stereocenters. The maximum Gasteiger partial charge on any atom is 0.339 e. The van der Waals surface area contributed by atoms with E-state index in [0.717, 1.165) is 4.47 Å². The van der Waals surface area contributed by atoms with Gasteiger partial charge in [-0.1, -0.05) is 11.6 Å². The summed E-state index contributed by atoms with van der Waals surface area (Å²) in [5.74, 6) is -0.510. The number of carboxylic acid groups (broad SMARTS) is 1. The largest absolute Gasteiger partial charge is 0.478 e. The van der Waals surface area contributed by atoms with E-state index >= 15 is 0 Å². The number of aromatic carboxylic acids is 1. The molecule has 3 rings (SSSR count). The summed E-state index contributed by atoms with van der Waals surface area (Å²) in [5, 5.41) is 15.4. The molecule has 0 fully saturated rings. The van der Waals surface area contributed by atoms with Gasteiger partial charge in [0.1, 0.15) is 11.3 Å². The van der Waals surface area contributed by atoms with E-state index in [9.17, 15) is 9.90 Å². The van der Waals surface area contributed by atoms with Gasteiger partial charge in [0.05, 0.1) is 4.34 Å². The lowest BCUT2D eigenvalue weighted by Gasteiger charge is -1.99. The van der Waals surface area contributed by atoms with Crippen molar-refractivity contribution in [2.24, 2.45) is 0 Å². The van der Waals surface area contributed by atoms with Crippen molar-refractivity contribution in [2.75, 3.05) is 0 Å². The highest BCUT2D eigenvalue weighted by molar-refractivity contribution is 9.10. The first kappa shape index (κ1) is 14.2. The Bertz CT molecular complexity index is 813. The Hall–Kier alpha value is -1.70. The maximum atomic E-state index is 11.4. The second-order valence-electron chi connectivity index (χ2n) is 4.12. The van der Waals surface area contributed by atoms with Crippen molar-refractivity contribution in [3.63, 3.8) is 0 Å². The monoisotopic (exact) mass is 383 g/mol. The summed E-state index contributed by atoms with van der Waals surface area (Å²) in [6, 6.07) is 5.25. The molecule has 3 heterocycles. The maximum absolute atomic E-state index is 11.4. The number of carbonyl (C=O) groups is 1. The Morgan fingerprint density at radius 1 is 1.43 bits per heavy atom. The Labute approximate surface area is 137 Å². The molecular weight excluding hydrogens is 378 g/mol. The normalized spacial score (nSPS) is 10.8. The van der Waals surface area contributed by atoms with E-state index in [2.05, 4.69) is 26.0 Å². The molecule has 3 aromatic heterocycles. The van der Waals surface area contributed by atoms with Crippen LogP contribution in [0, 0.1) is 0 Å². The number of carboxylic acids is 1. The second-order valence-corrected chi connectivity index (χ2v) is 6.57. The number of thiophene rings is 1. The first-order chi connectivity index (χ1) is 10.0. The predicted octanol–water partition coefficient (Wildman–Crippen LogP) is 4.11. The molecule has 0 saturated heterocycles. The molecule has 0 aromatic carbocycles. The highest BCUT2D eigenvalue weighted by Crippen LogP contribution is 2.30. The molecule has 0 aliphatic rings. The zero-order valence-electron chi connectivity index (χ0n) is 10.3. The van der Waals surface area contributed by atoms with Gasteiger partial charge < -0.3 is 5.11 Å². The van der Waals surface area contributed by atoms with Gasteiger partial charge in [-0.3, -0.25) is 0 Å². The van der Waals surface area contributed by atoms with E-state index in [4.69, 9.17) is 11.6 Å². The van der Waals surface area contributed by atoms with Gasteiger partial charge in [0.15, 0.2) is 5.82 Å². The van der Waals surface area contributed by atoms with Gasteiger partial charge in [-0.15, -0.1) is 11.3 Å². The van der Waals surface area contributed by atoms with Crippen LogP contribution in [0.15, 0.2) is 40.4 Å². The highest BCUT2D eigenvalue weighted by atomic mass is 79.9. The van der Waals surface area contributed by atoms with Crippen LogP contribution in [0.3, 0.4) is 0 Å². The van der Waals surface area contributed by atoms with E-state index in [1.807, 2.05) is 6.07 Å². The molecule has 106 valence electrons. The third kappa shape index (κ3) is 2.85. The van der Waals surface area contributed by atoms with Gasteiger partial charge in [-0.05, 0) is 34.1 Å². The standard InChI is InChI=1S/C13H7BrClN3O2S/c14-8-1-2-11(16-4-8)18-5-9(13(19)20)12(17-18)7-3-10(15)21-6-7/h1-6H,(H,19,20). The van der Waals surface area contributed by atoms with E-state index < -0.39 is 5.97 Å². The topological polar surface area (TPSA) is 68.0 Å². The Morgan fingerprint density at radius 2 is 2.24 bits per heavy atom. The molecule has 0 radical (unpaired) electrons. The fraction of sp³-hybridized carbons (Fsp3) is 0. The van der Waals surface area contributed by atoms with Gasteiger partial charge in [-0.2, -0.15) is 5.10 Å². The Balaban J connectivity index is 2.12. The van der Waals surface area contributed by atoms with Gasteiger partial charge in [0.2, 0.25) is 0 Å². The fourth-order valence-electron chi connectivity index (χ4n) is 1.80. The van der Waals surface area contributed by atoms with E-state index in [-0.39, 0.29) is 5.56 Å². The summed E-state index contributed by atoms with van der Waals surface area (Å²) in [6.07, 6.45) is 3.07. The molecule has 3 aromatic rings. The summed E-state index contributed by atoms with van der Waals surface area (Å²) in [7, 11) is 0. The molecular formula is C13H7BrClN3O2S. The van der Waals surface area contributed by atoms with Gasteiger partial charge in [0.25, 0.3) is 0 Å². The molecule has 0 spiro atoms. The zero-order valence-corrected chi connectivity index (χ0v) is 13.5. The Kier molecular flexibility index (Phi) is 3.79. The molecule has 0 bridgehead atoms. The van der Waals surface area contributed by atoms with Crippen molar-refractivity contribution in [1.82, 2.24) is 14.8 Å². The molecule has 0 aliphatic carbocycles. The molecule has 0 unspecified atom stereocenters. The SMILES string of the molecule is O=C(O)c1cn(-c2ccc(Br)cn2)nc1-c1csc(Cl)c1. The van der Waals surface area contributed by atoms with Crippen LogP contribution in [-0.2, 0) is 0 Å². The highest BCUT2D eigenvalue weighted by Gasteiger charge is 2.19. The summed E-state index contributed by atoms with van der Waals surface area (Å²) >= 11 is 10.5. The van der Waals surface area contributed by atoms with Gasteiger partial charge in [0, 0.05) is 27.8 Å². The predicted molar refractivity (Wildman–Crippen MR) is 84.3 cm³/mol. The van der Waals surface area contributed by atoms with Crippen molar-refractivity contribution < 1.29 is 9.90 Å². The third-order valence-electron chi connectivity index (χ3n) is 2.73. The second kappa shape index (κ2) is 5.59. The number of halogens is 2. The van der Waals surface area contributed by atoms with E-state index in [1.165, 1.54) is 22.2 Å². The van der Waals surface area contributed by atoms with Crippen LogP contribution in [0.1, 0.15) is 10.4 Å². The minimum atomic E-state index is -1.05. The van der Waals surface area contributed by atoms with Crippen molar-refractivity contribution in [1.29, 1.82) is 0 Å². The quantitative estimate of drug-likeness (QED) is 0.738. The molecule has 5 nitrogen and oxygen atoms in total. The number of nitrogens with zero attached hydrogens (tertiary/aromatic N) is 3. The van der Waals surface area contributed by atoms with Crippen LogP contribution in [0.2, 0.25) is 4.34 Å². The lowest BCUT2D eigenvalue weighted by molar-refractivity contribution is 0.0697. The number of aromatic nitrogens is 3. The van der Waals surface area contributed by atoms with Crippen LogP contribution in [0.4, 0.5) is 0 Å². The van der Waals surface area contributed by atoms with Crippen LogP contribution >= 0.6 is 38.9 Å². The van der Waals surface area contributed by atoms with Crippen molar-refractivity contribution in [3.05, 3.63) is 50.3 Å². The van der Waals surface area contributed by atoms with E-state index in [0.29, 0.717) is 21.4 Å². The molecule has 1 N–H and O–H groups in total. The molecule has 8 heteroatoms. The number of rotatable bonds is 3. The molecule has 0 aliphatic heterocycles. The summed E-state index contributed by atoms with van der Waals surface area (Å²) < 4.78 is 2.86. The van der Waals surface area contributed by atoms with Crippen molar-refractivity contribution >= 4 is 44.8 Å². The van der Waals surface area contributed by atoms with Crippen molar-refractivity contribution in [3.8, 4) is 17.1 Å². The first-order valence-electron chi connectivity index (χ1n) is 5.74. The fourth-order valence-corrected chi connectivity index (χ4v) is 2.90. The lowest BCUT2D eigenvalue weighted by Crippen LogP contribution is -1.97. The first-order valence-corrected chi connectivity index (χ1v) is 7.79. The Morgan fingerprint density at radius 3 is 2.81 bits per heavy atom. The number of hydrogen-bond donors (Lipinski definition) is 1. The minimum absolute atomic E-state index is 0.106. The molecule has 0 amide bonds. The van der Waals surface area contributed by atoms with Crippen molar-refractivity contribution in [2.45, 2.75) is 0 Å². The van der Waals surface area contributed by atoms with Crippen LogP contribution < -0.4 is 0 Å². The van der Waals surface area contributed by atoms with E-state index in [1.54, 1.807) is 23.7 Å². The summed E-state index contributed by atoms with van der Waals surface area (Å²) in [6.45, 7) is 0. The lowest BCUT2D eigenvalue weighted by atomic mass is 10.1. The third-order valence-corrected chi connectivity index (χ3v) is 4.29. The summed E-state index contributed by atoms with van der Waals surface area (Å²) in [5.41, 5.74) is 1.16.